The molecule has 2 heteroatoms. The van der Waals surface area contributed by atoms with Crippen molar-refractivity contribution in [3.8, 4) is 12.3 Å². The Balaban J connectivity index is 2.22. The molecular weight excluding hydrogens is 214 g/mol. The third-order valence-electron chi connectivity index (χ3n) is 3.11. The first-order chi connectivity index (χ1) is 7.85. The zero-order valence-electron chi connectivity index (χ0n) is 9.62. The number of rotatable bonds is 3. The molecule has 1 aliphatic carbocycles. The van der Waals surface area contributed by atoms with Crippen molar-refractivity contribution < 1.29 is 0 Å². The molecule has 84 valence electrons. The van der Waals surface area contributed by atoms with E-state index < -0.39 is 0 Å². The lowest BCUT2D eigenvalue weighted by molar-refractivity contribution is 0.482. The van der Waals surface area contributed by atoms with Crippen LogP contribution in [0, 0.1) is 12.3 Å². The molecule has 1 aromatic carbocycles. The van der Waals surface area contributed by atoms with E-state index in [1.54, 1.807) is 0 Å². The van der Waals surface area contributed by atoms with Gasteiger partial charge in [0.15, 0.2) is 0 Å². The van der Waals surface area contributed by atoms with Crippen molar-refractivity contribution in [2.75, 3.05) is 12.8 Å². The predicted octanol–water partition coefficient (Wildman–Crippen LogP) is 3.01. The summed E-state index contributed by atoms with van der Waals surface area (Å²) in [7, 11) is 0. The van der Waals surface area contributed by atoms with Gasteiger partial charge >= 0.3 is 0 Å². The fourth-order valence-corrected chi connectivity index (χ4v) is 2.78. The maximum absolute atomic E-state index is 5.30. The van der Waals surface area contributed by atoms with Crippen LogP contribution in [0.4, 0.5) is 0 Å². The highest BCUT2D eigenvalue weighted by Gasteiger charge is 2.19. The van der Waals surface area contributed by atoms with Gasteiger partial charge in [0.05, 0.1) is 6.54 Å². The van der Waals surface area contributed by atoms with Crippen LogP contribution in [0.2, 0.25) is 0 Å². The van der Waals surface area contributed by atoms with E-state index in [1.165, 1.54) is 35.3 Å². The van der Waals surface area contributed by atoms with E-state index in [2.05, 4.69) is 35.7 Å². The summed E-state index contributed by atoms with van der Waals surface area (Å²) in [4.78, 5) is 1.36. The highest BCUT2D eigenvalue weighted by Crippen LogP contribution is 2.31. The Morgan fingerprint density at radius 3 is 3.19 bits per heavy atom. The van der Waals surface area contributed by atoms with E-state index >= 15 is 0 Å². The number of thioether (sulfide) groups is 1. The van der Waals surface area contributed by atoms with Crippen LogP contribution < -0.4 is 5.32 Å². The zero-order chi connectivity index (χ0) is 11.4. The minimum absolute atomic E-state index is 0.454. The van der Waals surface area contributed by atoms with Crippen LogP contribution in [0.15, 0.2) is 23.1 Å². The molecule has 2 rings (SSSR count). The fraction of sp³-hybridized carbons (Fsp3) is 0.429. The van der Waals surface area contributed by atoms with E-state index in [0.29, 0.717) is 12.6 Å². The molecule has 1 aromatic rings. The van der Waals surface area contributed by atoms with Gasteiger partial charge in [-0.05, 0) is 48.8 Å². The van der Waals surface area contributed by atoms with Gasteiger partial charge in [-0.25, -0.2) is 0 Å². The Bertz CT molecular complexity index is 406. The Labute approximate surface area is 102 Å². The molecular formula is C14H17NS. The summed E-state index contributed by atoms with van der Waals surface area (Å²) < 4.78 is 0. The smallest absolute Gasteiger partial charge is 0.0578 e. The monoisotopic (exact) mass is 231 g/mol. The standard InChI is InChI=1S/C14H17NS/c1-3-9-15-14-6-4-5-11-10-12(16-2)7-8-13(11)14/h1,7-8,10,14-15H,4-6,9H2,2H3. The molecule has 16 heavy (non-hydrogen) atoms. The Kier molecular flexibility index (Phi) is 3.93. The summed E-state index contributed by atoms with van der Waals surface area (Å²) in [5, 5.41) is 3.42. The second kappa shape index (κ2) is 5.43. The third kappa shape index (κ3) is 2.42. The van der Waals surface area contributed by atoms with Crippen LogP contribution in [0.3, 0.4) is 0 Å². The molecule has 0 saturated heterocycles. The lowest BCUT2D eigenvalue weighted by atomic mass is 9.88. The highest BCUT2D eigenvalue weighted by atomic mass is 32.2. The summed E-state index contributed by atoms with van der Waals surface area (Å²) in [5.41, 5.74) is 2.94. The Morgan fingerprint density at radius 2 is 2.44 bits per heavy atom. The molecule has 0 bridgehead atoms. The van der Waals surface area contributed by atoms with Gasteiger partial charge in [0.2, 0.25) is 0 Å². The van der Waals surface area contributed by atoms with Crippen molar-refractivity contribution in [3.63, 3.8) is 0 Å². The minimum atomic E-state index is 0.454. The lowest BCUT2D eigenvalue weighted by Gasteiger charge is -2.26. The van der Waals surface area contributed by atoms with Gasteiger partial charge in [-0.3, -0.25) is 5.32 Å². The van der Waals surface area contributed by atoms with Crippen molar-refractivity contribution in [1.29, 1.82) is 0 Å². The largest absolute Gasteiger partial charge is 0.299 e. The molecule has 0 amide bonds. The van der Waals surface area contributed by atoms with E-state index in [9.17, 15) is 0 Å². The van der Waals surface area contributed by atoms with Gasteiger partial charge in [0.25, 0.3) is 0 Å². The number of hydrogen-bond acceptors (Lipinski definition) is 2. The molecule has 1 atom stereocenters. The molecule has 0 radical (unpaired) electrons. The number of nitrogens with one attached hydrogen (secondary N) is 1. The average molecular weight is 231 g/mol. The van der Waals surface area contributed by atoms with Gasteiger partial charge < -0.3 is 0 Å². The van der Waals surface area contributed by atoms with Crippen molar-refractivity contribution >= 4 is 11.8 Å². The highest BCUT2D eigenvalue weighted by molar-refractivity contribution is 7.98. The van der Waals surface area contributed by atoms with E-state index in [-0.39, 0.29) is 0 Å². The van der Waals surface area contributed by atoms with Crippen LogP contribution in [0.25, 0.3) is 0 Å². The summed E-state index contributed by atoms with van der Waals surface area (Å²) in [6.07, 6.45) is 11.1. The van der Waals surface area contributed by atoms with Gasteiger partial charge in [0, 0.05) is 10.9 Å². The number of aryl methyl sites for hydroxylation is 1. The third-order valence-corrected chi connectivity index (χ3v) is 3.84. The quantitative estimate of drug-likeness (QED) is 0.634. The molecule has 1 N–H and O–H groups in total. The fourth-order valence-electron chi connectivity index (χ4n) is 2.31. The van der Waals surface area contributed by atoms with Crippen LogP contribution in [0.1, 0.15) is 30.0 Å². The molecule has 0 saturated carbocycles. The topological polar surface area (TPSA) is 12.0 Å². The molecule has 0 fully saturated rings. The number of hydrogen-bond donors (Lipinski definition) is 1. The van der Waals surface area contributed by atoms with Gasteiger partial charge in [-0.15, -0.1) is 18.2 Å². The molecule has 0 aliphatic heterocycles. The van der Waals surface area contributed by atoms with Crippen LogP contribution in [0.5, 0.6) is 0 Å². The van der Waals surface area contributed by atoms with Gasteiger partial charge in [-0.1, -0.05) is 12.0 Å². The summed E-state index contributed by atoms with van der Waals surface area (Å²) in [5.74, 6) is 2.65. The average Bonchev–Trinajstić information content (AvgIpc) is 2.35. The van der Waals surface area contributed by atoms with Crippen LogP contribution >= 0.6 is 11.8 Å². The number of benzene rings is 1. The van der Waals surface area contributed by atoms with Gasteiger partial charge in [0.1, 0.15) is 0 Å². The maximum atomic E-state index is 5.30. The lowest BCUT2D eigenvalue weighted by Crippen LogP contribution is -2.25. The SMILES string of the molecule is C#CCNC1CCCc2cc(SC)ccc21. The molecule has 0 heterocycles. The summed E-state index contributed by atoms with van der Waals surface area (Å²) >= 11 is 1.81. The van der Waals surface area contributed by atoms with Crippen molar-refractivity contribution in [2.24, 2.45) is 0 Å². The van der Waals surface area contributed by atoms with Crippen LogP contribution in [-0.4, -0.2) is 12.8 Å². The molecule has 0 aromatic heterocycles. The minimum Gasteiger partial charge on any atom is -0.299 e. The van der Waals surface area contributed by atoms with Crippen molar-refractivity contribution in [2.45, 2.75) is 30.2 Å². The maximum Gasteiger partial charge on any atom is 0.0578 e. The van der Waals surface area contributed by atoms with Crippen molar-refractivity contribution in [3.05, 3.63) is 29.3 Å². The first-order valence-corrected chi connectivity index (χ1v) is 6.91. The van der Waals surface area contributed by atoms with E-state index in [1.807, 2.05) is 11.8 Å². The summed E-state index contributed by atoms with van der Waals surface area (Å²) in [6.45, 7) is 0.661. The molecule has 0 spiro atoms. The predicted molar refractivity (Wildman–Crippen MR) is 70.7 cm³/mol. The second-order valence-electron chi connectivity index (χ2n) is 4.09. The number of terminal acetylenes is 1. The summed E-state index contributed by atoms with van der Waals surface area (Å²) in [6, 6.07) is 7.24. The molecule has 1 nitrogen and oxygen atoms in total. The van der Waals surface area contributed by atoms with Crippen molar-refractivity contribution in [1.82, 2.24) is 5.32 Å². The molecule has 1 aliphatic rings. The Hall–Kier alpha value is -0.910. The Morgan fingerprint density at radius 1 is 1.56 bits per heavy atom. The van der Waals surface area contributed by atoms with Crippen LogP contribution in [-0.2, 0) is 6.42 Å². The van der Waals surface area contributed by atoms with E-state index in [0.717, 1.165) is 0 Å². The van der Waals surface area contributed by atoms with E-state index in [4.69, 9.17) is 6.42 Å². The number of fused-ring (bicyclic) bond motifs is 1. The molecule has 1 unspecified atom stereocenters. The van der Waals surface area contributed by atoms with Gasteiger partial charge in [-0.2, -0.15) is 0 Å². The first kappa shape index (κ1) is 11.6. The normalized spacial score (nSPS) is 18.9. The first-order valence-electron chi connectivity index (χ1n) is 5.69. The zero-order valence-corrected chi connectivity index (χ0v) is 10.4. The second-order valence-corrected chi connectivity index (χ2v) is 4.97.